The van der Waals surface area contributed by atoms with Crippen LogP contribution >= 0.6 is 0 Å². The van der Waals surface area contributed by atoms with E-state index in [9.17, 15) is 14.9 Å². The van der Waals surface area contributed by atoms with Crippen LogP contribution in [-0.2, 0) is 33.8 Å². The van der Waals surface area contributed by atoms with E-state index in [2.05, 4.69) is 11.4 Å². The summed E-state index contributed by atoms with van der Waals surface area (Å²) in [6.45, 7) is 2.87. The van der Waals surface area contributed by atoms with Gasteiger partial charge < -0.3 is 19.7 Å². The largest absolute Gasteiger partial charge is 0.436 e. The van der Waals surface area contributed by atoms with Crippen LogP contribution in [0.1, 0.15) is 23.6 Å². The first-order valence-corrected chi connectivity index (χ1v) is 9.91. The standard InChI is InChI=1S/C23H25N3O4/c1-17(30-23(28)26-12-11-19-9-5-6-10-20(19)14-26)22(27)25-21(13-24)16-29-15-18-7-3-2-4-8-18/h2-10,17,21H,11-12,14-16H2,1H3,(H,25,27)/t17-,21+/m0/s1. The smallest absolute Gasteiger partial charge is 0.410 e. The van der Waals surface area contributed by atoms with E-state index < -0.39 is 24.1 Å². The van der Waals surface area contributed by atoms with E-state index in [-0.39, 0.29) is 6.61 Å². The number of nitrogens with one attached hydrogen (secondary N) is 1. The Balaban J connectivity index is 1.44. The van der Waals surface area contributed by atoms with Gasteiger partial charge in [0, 0.05) is 13.1 Å². The summed E-state index contributed by atoms with van der Waals surface area (Å²) in [6, 6.07) is 18.7. The maximum absolute atomic E-state index is 12.4. The summed E-state index contributed by atoms with van der Waals surface area (Å²) in [7, 11) is 0. The highest BCUT2D eigenvalue weighted by atomic mass is 16.6. The summed E-state index contributed by atoms with van der Waals surface area (Å²) in [6.07, 6.45) is -0.804. The van der Waals surface area contributed by atoms with Gasteiger partial charge in [-0.2, -0.15) is 5.26 Å². The van der Waals surface area contributed by atoms with Gasteiger partial charge in [0.05, 0.1) is 19.3 Å². The van der Waals surface area contributed by atoms with Gasteiger partial charge in [-0.25, -0.2) is 4.79 Å². The molecule has 0 spiro atoms. The van der Waals surface area contributed by atoms with E-state index >= 15 is 0 Å². The van der Waals surface area contributed by atoms with Crippen LogP contribution in [0.5, 0.6) is 0 Å². The molecule has 0 saturated heterocycles. The fourth-order valence-corrected chi connectivity index (χ4v) is 3.20. The first kappa shape index (κ1) is 21.3. The van der Waals surface area contributed by atoms with Gasteiger partial charge >= 0.3 is 6.09 Å². The molecule has 2 aromatic rings. The van der Waals surface area contributed by atoms with Crippen molar-refractivity contribution in [2.45, 2.75) is 38.6 Å². The number of carbonyl (C=O) groups is 2. The van der Waals surface area contributed by atoms with E-state index in [1.54, 1.807) is 4.90 Å². The van der Waals surface area contributed by atoms with E-state index in [0.717, 1.165) is 17.5 Å². The highest BCUT2D eigenvalue weighted by molar-refractivity contribution is 5.83. The van der Waals surface area contributed by atoms with E-state index in [1.165, 1.54) is 12.5 Å². The molecule has 1 N–H and O–H groups in total. The maximum Gasteiger partial charge on any atom is 0.410 e. The molecule has 2 amide bonds. The number of hydrogen-bond donors (Lipinski definition) is 1. The number of amides is 2. The van der Waals surface area contributed by atoms with Gasteiger partial charge in [0.1, 0.15) is 6.04 Å². The van der Waals surface area contributed by atoms with Crippen LogP contribution in [0.25, 0.3) is 0 Å². The normalized spacial score (nSPS) is 14.7. The molecular weight excluding hydrogens is 382 g/mol. The molecule has 0 bridgehead atoms. The Kier molecular flexibility index (Phi) is 7.41. The van der Waals surface area contributed by atoms with E-state index in [4.69, 9.17) is 9.47 Å². The van der Waals surface area contributed by atoms with Crippen LogP contribution in [-0.4, -0.2) is 42.2 Å². The molecule has 156 valence electrons. The molecular formula is C23H25N3O4. The molecule has 1 aliphatic rings. The van der Waals surface area contributed by atoms with Crippen LogP contribution in [0.3, 0.4) is 0 Å². The fourth-order valence-electron chi connectivity index (χ4n) is 3.20. The van der Waals surface area contributed by atoms with Crippen LogP contribution in [0.2, 0.25) is 0 Å². The second-order valence-electron chi connectivity index (χ2n) is 7.16. The van der Waals surface area contributed by atoms with Crippen molar-refractivity contribution >= 4 is 12.0 Å². The predicted molar refractivity (Wildman–Crippen MR) is 110 cm³/mol. The third kappa shape index (κ3) is 5.82. The van der Waals surface area contributed by atoms with E-state index in [0.29, 0.717) is 19.7 Å². The van der Waals surface area contributed by atoms with E-state index in [1.807, 2.05) is 54.6 Å². The van der Waals surface area contributed by atoms with Crippen molar-refractivity contribution in [3.05, 3.63) is 71.3 Å². The van der Waals surface area contributed by atoms with Crippen molar-refractivity contribution in [2.24, 2.45) is 0 Å². The van der Waals surface area contributed by atoms with Crippen molar-refractivity contribution in [1.82, 2.24) is 10.2 Å². The molecule has 3 rings (SSSR count). The minimum atomic E-state index is -1.01. The van der Waals surface area contributed by atoms with Gasteiger partial charge in [-0.3, -0.25) is 4.79 Å². The molecule has 2 aromatic carbocycles. The van der Waals surface area contributed by atoms with Gasteiger partial charge in [0.25, 0.3) is 5.91 Å². The lowest BCUT2D eigenvalue weighted by Crippen LogP contribution is -2.45. The Bertz CT molecular complexity index is 910. The monoisotopic (exact) mass is 407 g/mol. The van der Waals surface area contributed by atoms with Crippen LogP contribution < -0.4 is 5.32 Å². The number of nitriles is 1. The van der Waals surface area contributed by atoms with Gasteiger partial charge in [0.15, 0.2) is 6.10 Å². The van der Waals surface area contributed by atoms with Crippen molar-refractivity contribution in [1.29, 1.82) is 5.26 Å². The third-order valence-corrected chi connectivity index (χ3v) is 4.90. The molecule has 7 heteroatoms. The minimum Gasteiger partial charge on any atom is -0.436 e. The zero-order valence-corrected chi connectivity index (χ0v) is 16.9. The molecule has 0 fully saturated rings. The quantitative estimate of drug-likeness (QED) is 0.762. The van der Waals surface area contributed by atoms with Crippen molar-refractivity contribution in [2.75, 3.05) is 13.2 Å². The summed E-state index contributed by atoms with van der Waals surface area (Å²) >= 11 is 0. The number of carbonyl (C=O) groups excluding carboxylic acids is 2. The van der Waals surface area contributed by atoms with Crippen LogP contribution in [0.15, 0.2) is 54.6 Å². The lowest BCUT2D eigenvalue weighted by Gasteiger charge is -2.29. The molecule has 1 heterocycles. The number of benzene rings is 2. The van der Waals surface area contributed by atoms with Gasteiger partial charge in [-0.05, 0) is 30.0 Å². The molecule has 30 heavy (non-hydrogen) atoms. The molecule has 0 saturated carbocycles. The fraction of sp³-hybridized carbons (Fsp3) is 0.348. The highest BCUT2D eigenvalue weighted by Crippen LogP contribution is 2.19. The lowest BCUT2D eigenvalue weighted by molar-refractivity contribution is -0.130. The Morgan fingerprint density at radius 1 is 1.13 bits per heavy atom. The Hall–Kier alpha value is -3.37. The summed E-state index contributed by atoms with van der Waals surface area (Å²) in [5, 5.41) is 11.8. The first-order valence-electron chi connectivity index (χ1n) is 9.91. The second-order valence-corrected chi connectivity index (χ2v) is 7.16. The number of hydrogen-bond acceptors (Lipinski definition) is 5. The minimum absolute atomic E-state index is 0.0424. The second kappa shape index (κ2) is 10.4. The van der Waals surface area contributed by atoms with Gasteiger partial charge in [0.2, 0.25) is 0 Å². The van der Waals surface area contributed by atoms with Gasteiger partial charge in [-0.15, -0.1) is 0 Å². The summed E-state index contributed by atoms with van der Waals surface area (Å²) in [5.41, 5.74) is 3.28. The lowest BCUT2D eigenvalue weighted by atomic mass is 10.0. The molecule has 7 nitrogen and oxygen atoms in total. The molecule has 0 radical (unpaired) electrons. The highest BCUT2D eigenvalue weighted by Gasteiger charge is 2.26. The molecule has 2 atom stereocenters. The maximum atomic E-state index is 12.4. The van der Waals surface area contributed by atoms with Crippen molar-refractivity contribution in [3.8, 4) is 6.07 Å². The Labute approximate surface area is 176 Å². The number of ether oxygens (including phenoxy) is 2. The zero-order valence-electron chi connectivity index (χ0n) is 16.9. The average Bonchev–Trinajstić information content (AvgIpc) is 2.78. The summed E-state index contributed by atoms with van der Waals surface area (Å²) in [5.74, 6) is -0.532. The first-order chi connectivity index (χ1) is 14.6. The van der Waals surface area contributed by atoms with Crippen LogP contribution in [0, 0.1) is 11.3 Å². The molecule has 0 aliphatic carbocycles. The summed E-state index contributed by atoms with van der Waals surface area (Å²) in [4.78, 5) is 26.4. The topological polar surface area (TPSA) is 91.7 Å². The Morgan fingerprint density at radius 2 is 1.83 bits per heavy atom. The number of nitrogens with zero attached hydrogens (tertiary/aromatic N) is 2. The Morgan fingerprint density at radius 3 is 2.57 bits per heavy atom. The average molecular weight is 407 g/mol. The zero-order chi connectivity index (χ0) is 21.3. The van der Waals surface area contributed by atoms with Gasteiger partial charge in [-0.1, -0.05) is 54.6 Å². The number of rotatable bonds is 7. The number of fused-ring (bicyclic) bond motifs is 1. The van der Waals surface area contributed by atoms with Crippen molar-refractivity contribution in [3.63, 3.8) is 0 Å². The van der Waals surface area contributed by atoms with Crippen LogP contribution in [0.4, 0.5) is 4.79 Å². The molecule has 1 aliphatic heterocycles. The molecule has 0 aromatic heterocycles. The SMILES string of the molecule is C[C@H](OC(=O)N1CCc2ccccc2C1)C(=O)N[C@H](C#N)COCc1ccccc1. The predicted octanol–water partition coefficient (Wildman–Crippen LogP) is 2.79. The third-order valence-electron chi connectivity index (χ3n) is 4.90. The molecule has 0 unspecified atom stereocenters. The summed E-state index contributed by atoms with van der Waals surface area (Å²) < 4.78 is 10.8. The van der Waals surface area contributed by atoms with Crippen molar-refractivity contribution < 1.29 is 19.1 Å².